The summed E-state index contributed by atoms with van der Waals surface area (Å²) in [6.07, 6.45) is 0. The van der Waals surface area contributed by atoms with Crippen LogP contribution >= 0.6 is 11.3 Å². The second-order valence-corrected chi connectivity index (χ2v) is 7.49. The Kier molecular flexibility index (Phi) is 6.55. The van der Waals surface area contributed by atoms with E-state index in [9.17, 15) is 9.59 Å². The molecule has 0 fully saturated rings. The first kappa shape index (κ1) is 19.8. The Morgan fingerprint density at radius 3 is 2.46 bits per heavy atom. The average molecular weight is 394 g/mol. The van der Waals surface area contributed by atoms with Crippen molar-refractivity contribution in [1.82, 2.24) is 10.3 Å². The van der Waals surface area contributed by atoms with Gasteiger partial charge in [0.1, 0.15) is 18.2 Å². The molecule has 0 bridgehead atoms. The molecule has 0 aliphatic rings. The molecule has 144 valence electrons. The van der Waals surface area contributed by atoms with E-state index in [0.29, 0.717) is 17.2 Å². The maximum atomic E-state index is 11.9. The molecule has 0 saturated carbocycles. The molecule has 0 aliphatic carbocycles. The lowest BCUT2D eigenvalue weighted by Gasteiger charge is -2.06. The van der Waals surface area contributed by atoms with E-state index >= 15 is 0 Å². The van der Waals surface area contributed by atoms with Crippen molar-refractivity contribution in [2.45, 2.75) is 26.4 Å². The van der Waals surface area contributed by atoms with Gasteiger partial charge in [-0.15, -0.1) is 11.3 Å². The number of thiazole rings is 1. The van der Waals surface area contributed by atoms with Gasteiger partial charge in [-0.3, -0.25) is 9.59 Å². The van der Waals surface area contributed by atoms with Gasteiger partial charge in [-0.1, -0.05) is 56.3 Å². The monoisotopic (exact) mass is 394 g/mol. The normalized spacial score (nSPS) is 10.7. The Balaban J connectivity index is 1.48. The summed E-state index contributed by atoms with van der Waals surface area (Å²) in [4.78, 5) is 28.3. The topological polar surface area (TPSA) is 68.3 Å². The van der Waals surface area contributed by atoms with E-state index in [0.717, 1.165) is 10.6 Å². The van der Waals surface area contributed by atoms with Crippen LogP contribution in [-0.2, 0) is 16.1 Å². The third kappa shape index (κ3) is 5.27. The average Bonchev–Trinajstić information content (AvgIpc) is 3.20. The summed E-state index contributed by atoms with van der Waals surface area (Å²) in [7, 11) is 0. The first-order valence-electron chi connectivity index (χ1n) is 9.06. The fraction of sp³-hybridized carbons (Fsp3) is 0.227. The number of aromatic nitrogens is 1. The zero-order valence-corrected chi connectivity index (χ0v) is 16.7. The molecule has 1 aromatic heterocycles. The van der Waals surface area contributed by atoms with Gasteiger partial charge in [0.05, 0.1) is 5.69 Å². The maximum Gasteiger partial charge on any atom is 0.325 e. The molecule has 3 rings (SSSR count). The standard InChI is InChI=1S/C22H22N2O3S/c1-15(2)16-8-10-18(11-9-16)22-24-19(14-28-22)13-27-20(25)12-23-21(26)17-6-4-3-5-7-17/h3-11,14-15H,12-13H2,1-2H3,(H,23,26). The van der Waals surface area contributed by atoms with Crippen molar-refractivity contribution in [3.05, 3.63) is 76.8 Å². The van der Waals surface area contributed by atoms with Gasteiger partial charge in [0, 0.05) is 16.5 Å². The van der Waals surface area contributed by atoms with E-state index in [1.165, 1.54) is 16.9 Å². The number of rotatable bonds is 7. The summed E-state index contributed by atoms with van der Waals surface area (Å²) in [5, 5.41) is 5.31. The largest absolute Gasteiger partial charge is 0.458 e. The van der Waals surface area contributed by atoms with Crippen LogP contribution < -0.4 is 5.32 Å². The van der Waals surface area contributed by atoms with E-state index in [4.69, 9.17) is 4.74 Å². The number of hydrogen-bond acceptors (Lipinski definition) is 5. The first-order chi connectivity index (χ1) is 13.5. The minimum Gasteiger partial charge on any atom is -0.458 e. The number of hydrogen-bond donors (Lipinski definition) is 1. The number of amides is 1. The number of nitrogens with one attached hydrogen (secondary N) is 1. The van der Waals surface area contributed by atoms with Crippen LogP contribution in [0.3, 0.4) is 0 Å². The molecule has 3 aromatic rings. The van der Waals surface area contributed by atoms with Crippen LogP contribution in [0.2, 0.25) is 0 Å². The fourth-order valence-electron chi connectivity index (χ4n) is 2.57. The molecule has 0 aliphatic heterocycles. The first-order valence-corrected chi connectivity index (χ1v) is 9.94. The summed E-state index contributed by atoms with van der Waals surface area (Å²) >= 11 is 1.51. The Hall–Kier alpha value is -2.99. The van der Waals surface area contributed by atoms with Gasteiger partial charge in [0.15, 0.2) is 0 Å². The van der Waals surface area contributed by atoms with Crippen molar-refractivity contribution < 1.29 is 14.3 Å². The lowest BCUT2D eigenvalue weighted by atomic mass is 10.0. The third-order valence-electron chi connectivity index (χ3n) is 4.19. The van der Waals surface area contributed by atoms with Crippen molar-refractivity contribution in [2.75, 3.05) is 6.54 Å². The van der Waals surface area contributed by atoms with Gasteiger partial charge in [-0.05, 0) is 23.6 Å². The lowest BCUT2D eigenvalue weighted by Crippen LogP contribution is -2.30. The molecule has 0 atom stereocenters. The van der Waals surface area contributed by atoms with Crippen molar-refractivity contribution >= 4 is 23.2 Å². The summed E-state index contributed by atoms with van der Waals surface area (Å²) < 4.78 is 5.20. The molecule has 0 saturated heterocycles. The van der Waals surface area contributed by atoms with E-state index in [1.807, 2.05) is 11.4 Å². The SMILES string of the molecule is CC(C)c1ccc(-c2nc(COC(=O)CNC(=O)c3ccccc3)cs2)cc1. The number of esters is 1. The number of nitrogens with zero attached hydrogens (tertiary/aromatic N) is 1. The van der Waals surface area contributed by atoms with Crippen molar-refractivity contribution in [2.24, 2.45) is 0 Å². The van der Waals surface area contributed by atoms with Gasteiger partial charge < -0.3 is 10.1 Å². The fourth-order valence-corrected chi connectivity index (χ4v) is 3.38. The zero-order valence-electron chi connectivity index (χ0n) is 15.8. The molecule has 1 N–H and O–H groups in total. The van der Waals surface area contributed by atoms with E-state index < -0.39 is 5.97 Å². The third-order valence-corrected chi connectivity index (χ3v) is 5.13. The van der Waals surface area contributed by atoms with E-state index in [1.54, 1.807) is 24.3 Å². The number of benzene rings is 2. The molecule has 1 heterocycles. The number of carbonyl (C=O) groups excluding carboxylic acids is 2. The van der Waals surface area contributed by atoms with Gasteiger partial charge in [-0.25, -0.2) is 4.98 Å². The van der Waals surface area contributed by atoms with Crippen molar-refractivity contribution in [1.29, 1.82) is 0 Å². The molecule has 0 radical (unpaired) electrons. The van der Waals surface area contributed by atoms with E-state index in [-0.39, 0.29) is 19.1 Å². The zero-order chi connectivity index (χ0) is 19.9. The van der Waals surface area contributed by atoms with Crippen LogP contribution in [-0.4, -0.2) is 23.4 Å². The summed E-state index contributed by atoms with van der Waals surface area (Å²) in [6, 6.07) is 17.1. The molecule has 5 nitrogen and oxygen atoms in total. The second-order valence-electron chi connectivity index (χ2n) is 6.63. The van der Waals surface area contributed by atoms with Gasteiger partial charge in [0.2, 0.25) is 0 Å². The molecule has 6 heteroatoms. The molecule has 1 amide bonds. The Labute approximate surface area is 168 Å². The van der Waals surface area contributed by atoms with Gasteiger partial charge >= 0.3 is 5.97 Å². The quantitative estimate of drug-likeness (QED) is 0.603. The van der Waals surface area contributed by atoms with Crippen LogP contribution in [0.4, 0.5) is 0 Å². The highest BCUT2D eigenvalue weighted by Gasteiger charge is 2.11. The molecule has 0 spiro atoms. The summed E-state index contributed by atoms with van der Waals surface area (Å²) in [5.41, 5.74) is 3.52. The molecular weight excluding hydrogens is 372 g/mol. The molecule has 0 unspecified atom stereocenters. The minimum atomic E-state index is -0.500. The summed E-state index contributed by atoms with van der Waals surface area (Å²) in [5.74, 6) is -0.318. The highest BCUT2D eigenvalue weighted by molar-refractivity contribution is 7.13. The van der Waals surface area contributed by atoms with Crippen LogP contribution in [0.15, 0.2) is 60.0 Å². The second kappa shape index (κ2) is 9.28. The Bertz CT molecular complexity index is 934. The number of ether oxygens (including phenoxy) is 1. The molecule has 2 aromatic carbocycles. The van der Waals surface area contributed by atoms with Crippen molar-refractivity contribution in [3.8, 4) is 10.6 Å². The minimum absolute atomic E-state index is 0.0839. The number of carbonyl (C=O) groups is 2. The maximum absolute atomic E-state index is 11.9. The lowest BCUT2D eigenvalue weighted by molar-refractivity contribution is -0.143. The van der Waals surface area contributed by atoms with Crippen LogP contribution in [0, 0.1) is 0 Å². The highest BCUT2D eigenvalue weighted by Crippen LogP contribution is 2.26. The predicted octanol–water partition coefficient (Wildman–Crippen LogP) is 4.41. The highest BCUT2D eigenvalue weighted by atomic mass is 32.1. The van der Waals surface area contributed by atoms with Crippen LogP contribution in [0.5, 0.6) is 0 Å². The molecule has 28 heavy (non-hydrogen) atoms. The Morgan fingerprint density at radius 1 is 1.07 bits per heavy atom. The van der Waals surface area contributed by atoms with Gasteiger partial charge in [0.25, 0.3) is 5.91 Å². The van der Waals surface area contributed by atoms with Crippen molar-refractivity contribution in [3.63, 3.8) is 0 Å². The molecular formula is C22H22N2O3S. The summed E-state index contributed by atoms with van der Waals surface area (Å²) in [6.45, 7) is 4.22. The van der Waals surface area contributed by atoms with E-state index in [2.05, 4.69) is 48.4 Å². The Morgan fingerprint density at radius 2 is 1.79 bits per heavy atom. The predicted molar refractivity (Wildman–Crippen MR) is 110 cm³/mol. The van der Waals surface area contributed by atoms with Crippen LogP contribution in [0.25, 0.3) is 10.6 Å². The van der Waals surface area contributed by atoms with Crippen LogP contribution in [0.1, 0.15) is 41.4 Å². The van der Waals surface area contributed by atoms with Gasteiger partial charge in [-0.2, -0.15) is 0 Å². The smallest absolute Gasteiger partial charge is 0.325 e.